The van der Waals surface area contributed by atoms with Gasteiger partial charge in [-0.3, -0.25) is 10.1 Å². The van der Waals surface area contributed by atoms with Crippen LogP contribution in [0.25, 0.3) is 10.9 Å². The van der Waals surface area contributed by atoms with Crippen molar-refractivity contribution in [3.63, 3.8) is 0 Å². The standard InChI is InChI=1S/C15H18Cl2N4O2/c1-20(2)8-7-18-6-5-10-3-4-11-12(16)9-13(17)15(21(22)23)14(11)19-10/h3-4,9,18H,5-8H2,1-2H3. The molecule has 0 spiro atoms. The molecule has 6 nitrogen and oxygen atoms in total. The number of pyridine rings is 1. The zero-order chi connectivity index (χ0) is 17.0. The van der Waals surface area contributed by atoms with Gasteiger partial charge in [0.1, 0.15) is 5.02 Å². The van der Waals surface area contributed by atoms with Crippen LogP contribution in [0.3, 0.4) is 0 Å². The second-order valence-electron chi connectivity index (χ2n) is 5.45. The lowest BCUT2D eigenvalue weighted by Gasteiger charge is -2.10. The molecule has 0 amide bonds. The lowest BCUT2D eigenvalue weighted by Crippen LogP contribution is -2.28. The van der Waals surface area contributed by atoms with Crippen LogP contribution >= 0.6 is 23.2 Å². The van der Waals surface area contributed by atoms with Gasteiger partial charge >= 0.3 is 5.69 Å². The van der Waals surface area contributed by atoms with E-state index >= 15 is 0 Å². The van der Waals surface area contributed by atoms with Crippen molar-refractivity contribution in [1.29, 1.82) is 0 Å². The van der Waals surface area contributed by atoms with Gasteiger partial charge in [-0.1, -0.05) is 23.2 Å². The van der Waals surface area contributed by atoms with Gasteiger partial charge in [-0.2, -0.15) is 0 Å². The minimum atomic E-state index is -0.521. The predicted molar refractivity (Wildman–Crippen MR) is 93.5 cm³/mol. The van der Waals surface area contributed by atoms with E-state index in [0.717, 1.165) is 25.3 Å². The summed E-state index contributed by atoms with van der Waals surface area (Å²) in [6.07, 6.45) is 0.671. The third-order valence-corrected chi connectivity index (χ3v) is 3.99. The summed E-state index contributed by atoms with van der Waals surface area (Å²) in [6, 6.07) is 4.97. The molecule has 0 aliphatic rings. The Morgan fingerprint density at radius 2 is 2.00 bits per heavy atom. The number of likely N-dealkylation sites (N-methyl/N-ethyl adjacent to an activating group) is 1. The molecule has 1 N–H and O–H groups in total. The number of benzene rings is 1. The second-order valence-corrected chi connectivity index (χ2v) is 6.26. The summed E-state index contributed by atoms with van der Waals surface area (Å²) >= 11 is 12.1. The molecule has 1 aromatic carbocycles. The highest BCUT2D eigenvalue weighted by Crippen LogP contribution is 2.36. The zero-order valence-corrected chi connectivity index (χ0v) is 14.5. The van der Waals surface area contributed by atoms with E-state index in [-0.39, 0.29) is 16.2 Å². The molecule has 23 heavy (non-hydrogen) atoms. The van der Waals surface area contributed by atoms with Crippen molar-refractivity contribution in [2.75, 3.05) is 33.7 Å². The molecule has 0 radical (unpaired) electrons. The smallest absolute Gasteiger partial charge is 0.313 e. The van der Waals surface area contributed by atoms with Gasteiger partial charge in [0.05, 0.1) is 9.95 Å². The largest absolute Gasteiger partial charge is 0.315 e. The fraction of sp³-hybridized carbons (Fsp3) is 0.400. The first-order chi connectivity index (χ1) is 10.9. The fourth-order valence-corrected chi connectivity index (χ4v) is 2.79. The Balaban J connectivity index is 2.20. The van der Waals surface area contributed by atoms with Gasteiger partial charge in [0.2, 0.25) is 0 Å². The van der Waals surface area contributed by atoms with E-state index in [1.807, 2.05) is 20.2 Å². The molecular formula is C15H18Cl2N4O2. The number of halogens is 2. The predicted octanol–water partition coefficient (Wildman–Crippen LogP) is 3.14. The molecule has 0 saturated carbocycles. The van der Waals surface area contributed by atoms with Crippen molar-refractivity contribution < 1.29 is 4.92 Å². The van der Waals surface area contributed by atoms with Crippen LogP contribution in [0, 0.1) is 10.1 Å². The molecule has 1 aromatic heterocycles. The Hall–Kier alpha value is -1.47. The first kappa shape index (κ1) is 17.9. The van der Waals surface area contributed by atoms with Crippen LogP contribution in [-0.2, 0) is 6.42 Å². The zero-order valence-electron chi connectivity index (χ0n) is 13.0. The SMILES string of the molecule is CN(C)CCNCCc1ccc2c(Cl)cc(Cl)c([N+](=O)[O-])c2n1. The van der Waals surface area contributed by atoms with Crippen LogP contribution in [0.5, 0.6) is 0 Å². The van der Waals surface area contributed by atoms with Gasteiger partial charge in [-0.15, -0.1) is 0 Å². The lowest BCUT2D eigenvalue weighted by molar-refractivity contribution is -0.383. The number of hydrogen-bond acceptors (Lipinski definition) is 5. The highest BCUT2D eigenvalue weighted by Gasteiger charge is 2.21. The molecule has 0 aliphatic heterocycles. The average Bonchev–Trinajstić information content (AvgIpc) is 2.45. The van der Waals surface area contributed by atoms with Crippen molar-refractivity contribution in [2.24, 2.45) is 0 Å². The molecule has 0 aliphatic carbocycles. The van der Waals surface area contributed by atoms with E-state index in [1.54, 1.807) is 6.07 Å². The minimum Gasteiger partial charge on any atom is -0.315 e. The number of nitrogens with one attached hydrogen (secondary N) is 1. The summed E-state index contributed by atoms with van der Waals surface area (Å²) in [4.78, 5) is 17.2. The van der Waals surface area contributed by atoms with Crippen LogP contribution in [0.4, 0.5) is 5.69 Å². The van der Waals surface area contributed by atoms with Gasteiger partial charge in [0, 0.05) is 37.1 Å². The number of rotatable bonds is 7. The van der Waals surface area contributed by atoms with Gasteiger partial charge in [0.25, 0.3) is 0 Å². The first-order valence-electron chi connectivity index (χ1n) is 7.17. The molecule has 0 fully saturated rings. The van der Waals surface area contributed by atoms with Gasteiger partial charge < -0.3 is 10.2 Å². The first-order valence-corrected chi connectivity index (χ1v) is 7.93. The summed E-state index contributed by atoms with van der Waals surface area (Å²) in [5.74, 6) is 0. The van der Waals surface area contributed by atoms with Crippen LogP contribution in [0.1, 0.15) is 5.69 Å². The fourth-order valence-electron chi connectivity index (χ4n) is 2.20. The highest BCUT2D eigenvalue weighted by atomic mass is 35.5. The minimum absolute atomic E-state index is 0.00116. The van der Waals surface area contributed by atoms with E-state index in [0.29, 0.717) is 16.8 Å². The summed E-state index contributed by atoms with van der Waals surface area (Å²) in [5.41, 5.74) is 0.795. The van der Waals surface area contributed by atoms with E-state index in [4.69, 9.17) is 23.2 Å². The van der Waals surface area contributed by atoms with Crippen LogP contribution in [-0.4, -0.2) is 48.5 Å². The topological polar surface area (TPSA) is 71.3 Å². The van der Waals surface area contributed by atoms with Crippen LogP contribution < -0.4 is 5.32 Å². The molecular weight excluding hydrogens is 339 g/mol. The Bertz CT molecular complexity index is 722. The molecule has 0 bridgehead atoms. The number of fused-ring (bicyclic) bond motifs is 1. The summed E-state index contributed by atoms with van der Waals surface area (Å²) in [5, 5.41) is 15.4. The van der Waals surface area contributed by atoms with Crippen molar-refractivity contribution in [3.8, 4) is 0 Å². The summed E-state index contributed by atoms with van der Waals surface area (Å²) in [6.45, 7) is 2.56. The second kappa shape index (κ2) is 7.88. The lowest BCUT2D eigenvalue weighted by atomic mass is 10.1. The maximum absolute atomic E-state index is 11.2. The molecule has 2 rings (SSSR count). The molecule has 2 aromatic rings. The van der Waals surface area contributed by atoms with E-state index < -0.39 is 4.92 Å². The van der Waals surface area contributed by atoms with Gasteiger partial charge in [-0.05, 0) is 32.3 Å². The molecule has 0 atom stereocenters. The Morgan fingerprint density at radius 3 is 2.65 bits per heavy atom. The Morgan fingerprint density at radius 1 is 1.26 bits per heavy atom. The van der Waals surface area contributed by atoms with Gasteiger partial charge in [-0.25, -0.2) is 4.98 Å². The van der Waals surface area contributed by atoms with Crippen molar-refractivity contribution in [1.82, 2.24) is 15.2 Å². The molecule has 0 unspecified atom stereocenters. The molecule has 8 heteroatoms. The summed E-state index contributed by atoms with van der Waals surface area (Å²) in [7, 11) is 4.03. The number of nitrogens with zero attached hydrogens (tertiary/aromatic N) is 3. The monoisotopic (exact) mass is 356 g/mol. The summed E-state index contributed by atoms with van der Waals surface area (Å²) < 4.78 is 0. The number of aromatic nitrogens is 1. The molecule has 124 valence electrons. The van der Waals surface area contributed by atoms with E-state index in [1.165, 1.54) is 6.07 Å². The molecule has 0 saturated heterocycles. The third kappa shape index (κ3) is 4.51. The van der Waals surface area contributed by atoms with Crippen LogP contribution in [0.15, 0.2) is 18.2 Å². The normalized spacial score (nSPS) is 11.3. The van der Waals surface area contributed by atoms with Crippen molar-refractivity contribution >= 4 is 39.8 Å². The van der Waals surface area contributed by atoms with Crippen molar-refractivity contribution in [3.05, 3.63) is 44.1 Å². The van der Waals surface area contributed by atoms with Crippen LogP contribution in [0.2, 0.25) is 10.0 Å². The third-order valence-electron chi connectivity index (χ3n) is 3.39. The maximum Gasteiger partial charge on any atom is 0.313 e. The highest BCUT2D eigenvalue weighted by molar-refractivity contribution is 6.40. The Labute approximate surface area is 144 Å². The van der Waals surface area contributed by atoms with Gasteiger partial charge in [0.15, 0.2) is 5.52 Å². The number of nitro groups is 1. The number of nitro benzene ring substituents is 1. The van der Waals surface area contributed by atoms with E-state index in [2.05, 4.69) is 15.2 Å². The quantitative estimate of drug-likeness (QED) is 0.468. The van der Waals surface area contributed by atoms with Crippen molar-refractivity contribution in [2.45, 2.75) is 6.42 Å². The number of hydrogen-bond donors (Lipinski definition) is 1. The average molecular weight is 357 g/mol. The maximum atomic E-state index is 11.2. The molecule has 1 heterocycles. The Kier molecular flexibility index (Phi) is 6.12. The van der Waals surface area contributed by atoms with E-state index in [9.17, 15) is 10.1 Å².